The summed E-state index contributed by atoms with van der Waals surface area (Å²) in [4.78, 5) is 62.7. The van der Waals surface area contributed by atoms with Crippen LogP contribution >= 0.6 is 0 Å². The van der Waals surface area contributed by atoms with Gasteiger partial charge in [0, 0.05) is 6.07 Å². The van der Waals surface area contributed by atoms with Gasteiger partial charge in [0.15, 0.2) is 5.76 Å². The third-order valence-corrected chi connectivity index (χ3v) is 5.74. The molecule has 4 aromatic rings. The topological polar surface area (TPSA) is 150 Å². The van der Waals surface area contributed by atoms with Crippen molar-refractivity contribution < 1.29 is 32.9 Å². The fourth-order valence-electron chi connectivity index (χ4n) is 3.99. The predicted molar refractivity (Wildman–Crippen MR) is 124 cm³/mol. The van der Waals surface area contributed by atoms with Crippen molar-refractivity contribution in [2.24, 2.45) is 0 Å². The smallest absolute Gasteiger partial charge is 0.331 e. The number of ether oxygens (including phenoxy) is 1. The first-order valence-corrected chi connectivity index (χ1v) is 10.8. The quantitative estimate of drug-likeness (QED) is 0.171. The van der Waals surface area contributed by atoms with Gasteiger partial charge in [-0.15, -0.1) is 0 Å². The number of carbonyl (C=O) groups is 3. The maximum Gasteiger partial charge on any atom is 0.331 e. The largest absolute Gasteiger partial charge is 0.461 e. The van der Waals surface area contributed by atoms with Gasteiger partial charge in [-0.05, 0) is 42.3 Å². The molecule has 0 saturated carbocycles. The zero-order chi connectivity index (χ0) is 25.6. The van der Waals surface area contributed by atoms with Crippen LogP contribution in [0.25, 0.3) is 22.5 Å². The molecule has 0 radical (unpaired) electrons. The van der Waals surface area contributed by atoms with Gasteiger partial charge in [0.2, 0.25) is 16.9 Å². The standard InChI is InChI=1S/C25H16N2O9/c1-2-13-8-9-17-15(11-13)21(29)23(22(35-17)18-7-4-10-34-18)36-19(28)12-26-24(30)14-5-3-6-16(27(32)33)20(14)25(26)31/h3-11H,2,12H2,1H3. The number of benzene rings is 2. The van der Waals surface area contributed by atoms with Crippen molar-refractivity contribution in [2.75, 3.05) is 6.54 Å². The highest BCUT2D eigenvalue weighted by Crippen LogP contribution is 2.33. The van der Waals surface area contributed by atoms with E-state index in [1.165, 1.54) is 24.5 Å². The summed E-state index contributed by atoms with van der Waals surface area (Å²) in [5.74, 6) is -3.53. The Bertz CT molecular complexity index is 1630. The molecule has 180 valence electrons. The van der Waals surface area contributed by atoms with Crippen LogP contribution in [0, 0.1) is 10.1 Å². The molecule has 36 heavy (non-hydrogen) atoms. The van der Waals surface area contributed by atoms with Crippen LogP contribution in [0.2, 0.25) is 0 Å². The summed E-state index contributed by atoms with van der Waals surface area (Å²) in [6.45, 7) is 1.03. The average molecular weight is 488 g/mol. The lowest BCUT2D eigenvalue weighted by Crippen LogP contribution is -2.37. The van der Waals surface area contributed by atoms with Crippen molar-refractivity contribution in [3.05, 3.63) is 91.8 Å². The van der Waals surface area contributed by atoms with Crippen LogP contribution < -0.4 is 10.2 Å². The van der Waals surface area contributed by atoms with Crippen molar-refractivity contribution in [2.45, 2.75) is 13.3 Å². The molecule has 2 aromatic carbocycles. The van der Waals surface area contributed by atoms with Gasteiger partial charge in [-0.2, -0.15) is 0 Å². The lowest BCUT2D eigenvalue weighted by atomic mass is 10.1. The summed E-state index contributed by atoms with van der Waals surface area (Å²) in [5, 5.41) is 11.5. The fraction of sp³-hybridized carbons (Fsp3) is 0.120. The highest BCUT2D eigenvalue weighted by Gasteiger charge is 2.42. The van der Waals surface area contributed by atoms with Crippen LogP contribution in [-0.4, -0.2) is 34.2 Å². The summed E-state index contributed by atoms with van der Waals surface area (Å²) < 4.78 is 16.5. The average Bonchev–Trinajstić information content (AvgIpc) is 3.49. The van der Waals surface area contributed by atoms with E-state index in [2.05, 4.69) is 0 Å². The second-order valence-corrected chi connectivity index (χ2v) is 7.88. The van der Waals surface area contributed by atoms with E-state index in [4.69, 9.17) is 13.6 Å². The Morgan fingerprint density at radius 3 is 2.58 bits per heavy atom. The third kappa shape index (κ3) is 3.63. The Morgan fingerprint density at radius 2 is 1.89 bits per heavy atom. The van der Waals surface area contributed by atoms with Gasteiger partial charge in [-0.25, -0.2) is 4.79 Å². The Kier molecular flexibility index (Phi) is 5.44. The van der Waals surface area contributed by atoms with E-state index in [0.717, 1.165) is 11.6 Å². The molecular weight excluding hydrogens is 472 g/mol. The van der Waals surface area contributed by atoms with Gasteiger partial charge in [0.1, 0.15) is 17.7 Å². The van der Waals surface area contributed by atoms with Crippen molar-refractivity contribution in [3.63, 3.8) is 0 Å². The first kappa shape index (κ1) is 22.7. The van der Waals surface area contributed by atoms with E-state index < -0.39 is 51.7 Å². The van der Waals surface area contributed by atoms with Gasteiger partial charge < -0.3 is 13.6 Å². The molecule has 2 amide bonds. The van der Waals surface area contributed by atoms with E-state index in [-0.39, 0.29) is 28.1 Å². The van der Waals surface area contributed by atoms with Crippen LogP contribution in [0.5, 0.6) is 5.75 Å². The molecule has 5 rings (SSSR count). The molecule has 0 aliphatic carbocycles. The third-order valence-electron chi connectivity index (χ3n) is 5.74. The molecule has 11 heteroatoms. The molecule has 0 unspecified atom stereocenters. The molecule has 0 atom stereocenters. The molecule has 0 bridgehead atoms. The SMILES string of the molecule is CCc1ccc2oc(-c3ccco3)c(OC(=O)CN3C(=O)c4cccc([N+](=O)[O-])c4C3=O)c(=O)c2c1. The minimum atomic E-state index is -1.13. The number of furan rings is 1. The number of amides is 2. The number of hydrogen-bond donors (Lipinski definition) is 0. The zero-order valence-corrected chi connectivity index (χ0v) is 18.7. The second-order valence-electron chi connectivity index (χ2n) is 7.88. The summed E-state index contributed by atoms with van der Waals surface area (Å²) in [6.07, 6.45) is 1.99. The molecule has 0 spiro atoms. The van der Waals surface area contributed by atoms with Crippen LogP contribution in [0.4, 0.5) is 5.69 Å². The van der Waals surface area contributed by atoms with E-state index in [9.17, 15) is 29.3 Å². The molecule has 3 heterocycles. The van der Waals surface area contributed by atoms with Crippen LogP contribution in [0.3, 0.4) is 0 Å². The van der Waals surface area contributed by atoms with E-state index in [1.54, 1.807) is 24.3 Å². The van der Waals surface area contributed by atoms with Crippen molar-refractivity contribution in [1.82, 2.24) is 4.90 Å². The number of fused-ring (bicyclic) bond motifs is 2. The van der Waals surface area contributed by atoms with Crippen LogP contribution in [0.1, 0.15) is 33.2 Å². The summed E-state index contributed by atoms with van der Waals surface area (Å²) in [6, 6.07) is 11.7. The molecule has 1 aliphatic heterocycles. The molecule has 2 aromatic heterocycles. The van der Waals surface area contributed by atoms with Crippen LogP contribution in [-0.2, 0) is 11.2 Å². The molecule has 11 nitrogen and oxygen atoms in total. The lowest BCUT2D eigenvalue weighted by molar-refractivity contribution is -0.385. The molecule has 0 saturated heterocycles. The van der Waals surface area contributed by atoms with Gasteiger partial charge in [0.05, 0.1) is 22.1 Å². The maximum atomic E-state index is 13.3. The van der Waals surface area contributed by atoms with Gasteiger partial charge in [0.25, 0.3) is 17.5 Å². The first-order chi connectivity index (χ1) is 17.3. The minimum absolute atomic E-state index is 0.118. The maximum absolute atomic E-state index is 13.3. The number of aryl methyl sites for hydroxylation is 1. The normalized spacial score (nSPS) is 12.8. The number of carbonyl (C=O) groups excluding carboxylic acids is 3. The zero-order valence-electron chi connectivity index (χ0n) is 18.7. The summed E-state index contributed by atoms with van der Waals surface area (Å²) in [5.41, 5.74) is -0.709. The molecule has 1 aliphatic rings. The first-order valence-electron chi connectivity index (χ1n) is 10.8. The number of rotatable bonds is 6. The minimum Gasteiger partial charge on any atom is -0.461 e. The molecule has 0 fully saturated rings. The van der Waals surface area contributed by atoms with Gasteiger partial charge >= 0.3 is 5.97 Å². The van der Waals surface area contributed by atoms with E-state index in [0.29, 0.717) is 11.3 Å². The fourth-order valence-corrected chi connectivity index (χ4v) is 3.99. The monoisotopic (exact) mass is 488 g/mol. The Morgan fingerprint density at radius 1 is 1.08 bits per heavy atom. The van der Waals surface area contributed by atoms with Crippen molar-refractivity contribution in [1.29, 1.82) is 0 Å². The molecule has 0 N–H and O–H groups in total. The van der Waals surface area contributed by atoms with E-state index >= 15 is 0 Å². The molecular formula is C25H16N2O9. The number of nitrogens with zero attached hydrogens (tertiary/aromatic N) is 2. The van der Waals surface area contributed by atoms with Gasteiger partial charge in [-0.1, -0.05) is 19.1 Å². The number of nitro groups is 1. The van der Waals surface area contributed by atoms with Crippen LogP contribution in [0.15, 0.2) is 68.4 Å². The Balaban J connectivity index is 1.51. The Hall–Kier alpha value is -5.06. The number of imide groups is 1. The highest BCUT2D eigenvalue weighted by molar-refractivity contribution is 6.24. The summed E-state index contributed by atoms with van der Waals surface area (Å²) in [7, 11) is 0. The van der Waals surface area contributed by atoms with E-state index in [1.807, 2.05) is 6.92 Å². The summed E-state index contributed by atoms with van der Waals surface area (Å²) >= 11 is 0. The number of hydrogen-bond acceptors (Lipinski definition) is 9. The lowest BCUT2D eigenvalue weighted by Gasteiger charge is -2.14. The second kappa shape index (κ2) is 8.62. The number of nitro benzene ring substituents is 1. The Labute approximate surface area is 201 Å². The predicted octanol–water partition coefficient (Wildman–Crippen LogP) is 3.73. The highest BCUT2D eigenvalue weighted by atomic mass is 16.6. The number of esters is 1. The van der Waals surface area contributed by atoms with Crippen molar-refractivity contribution in [3.8, 4) is 17.3 Å². The van der Waals surface area contributed by atoms with Crippen molar-refractivity contribution >= 4 is 34.4 Å². The van der Waals surface area contributed by atoms with Gasteiger partial charge in [-0.3, -0.25) is 29.4 Å².